The lowest BCUT2D eigenvalue weighted by Crippen LogP contribution is -2.25. The van der Waals surface area contributed by atoms with E-state index in [1.807, 2.05) is 6.07 Å². The summed E-state index contributed by atoms with van der Waals surface area (Å²) in [4.78, 5) is 10.6. The number of halogens is 1. The fourth-order valence-electron chi connectivity index (χ4n) is 1.54. The van der Waals surface area contributed by atoms with Crippen LogP contribution in [0.4, 0.5) is 4.39 Å². The molecule has 1 aromatic rings. The van der Waals surface area contributed by atoms with Crippen LogP contribution in [0.5, 0.6) is 0 Å². The molecule has 1 saturated heterocycles. The van der Waals surface area contributed by atoms with Crippen LogP contribution in [0.15, 0.2) is 18.2 Å². The number of ether oxygens (including phenoxy) is 2. The van der Waals surface area contributed by atoms with Gasteiger partial charge in [-0.15, -0.1) is 0 Å². The fraction of sp³-hybridized carbons (Fsp3) is 0.417. The number of carbonyl (C=O) groups excluding carboxylic acids is 1. The lowest BCUT2D eigenvalue weighted by molar-refractivity contribution is -0.142. The zero-order valence-electron chi connectivity index (χ0n) is 9.03. The molecule has 0 N–H and O–H groups in total. The molecular formula is C12H13FO3. The molecular weight excluding hydrogens is 211 g/mol. The molecule has 0 amide bonds. The molecule has 4 heteroatoms. The Morgan fingerprint density at radius 3 is 2.81 bits per heavy atom. The molecule has 0 radical (unpaired) electrons. The van der Waals surface area contributed by atoms with Crippen LogP contribution in [-0.2, 0) is 20.9 Å². The average Bonchev–Trinajstić information content (AvgIpc) is 2.13. The first kappa shape index (κ1) is 11.1. The molecule has 86 valence electrons. The second kappa shape index (κ2) is 4.61. The van der Waals surface area contributed by atoms with Crippen LogP contribution in [0.3, 0.4) is 0 Å². The van der Waals surface area contributed by atoms with Crippen LogP contribution in [0.1, 0.15) is 24.0 Å². The Morgan fingerprint density at radius 2 is 2.31 bits per heavy atom. The van der Waals surface area contributed by atoms with Crippen molar-refractivity contribution in [2.45, 2.75) is 19.4 Å². The molecule has 0 saturated carbocycles. The number of carbonyl (C=O) groups is 1. The molecule has 1 aliphatic heterocycles. The highest BCUT2D eigenvalue weighted by Gasteiger charge is 2.21. The van der Waals surface area contributed by atoms with Gasteiger partial charge in [-0.2, -0.15) is 0 Å². The van der Waals surface area contributed by atoms with Gasteiger partial charge in [0.15, 0.2) is 0 Å². The topological polar surface area (TPSA) is 35.5 Å². The van der Waals surface area contributed by atoms with Gasteiger partial charge < -0.3 is 9.47 Å². The van der Waals surface area contributed by atoms with Gasteiger partial charge >= 0.3 is 5.97 Å². The van der Waals surface area contributed by atoms with E-state index in [1.165, 1.54) is 13.0 Å². The first-order valence-electron chi connectivity index (χ1n) is 5.16. The average molecular weight is 224 g/mol. The van der Waals surface area contributed by atoms with Crippen molar-refractivity contribution in [1.82, 2.24) is 0 Å². The molecule has 1 aliphatic rings. The van der Waals surface area contributed by atoms with Crippen molar-refractivity contribution in [3.05, 3.63) is 35.1 Å². The molecule has 0 aliphatic carbocycles. The van der Waals surface area contributed by atoms with E-state index in [4.69, 9.17) is 9.47 Å². The van der Waals surface area contributed by atoms with Crippen molar-refractivity contribution >= 4 is 5.97 Å². The highest BCUT2D eigenvalue weighted by molar-refractivity contribution is 5.65. The quantitative estimate of drug-likeness (QED) is 0.737. The van der Waals surface area contributed by atoms with E-state index in [2.05, 4.69) is 0 Å². The third kappa shape index (κ3) is 2.39. The molecule has 0 atom stereocenters. The summed E-state index contributed by atoms with van der Waals surface area (Å²) in [6, 6.07) is 5.01. The summed E-state index contributed by atoms with van der Waals surface area (Å²) in [5.74, 6) is -0.432. The van der Waals surface area contributed by atoms with E-state index < -0.39 is 5.97 Å². The van der Waals surface area contributed by atoms with Crippen molar-refractivity contribution in [3.8, 4) is 0 Å². The summed E-state index contributed by atoms with van der Waals surface area (Å²) >= 11 is 0. The number of hydrogen-bond acceptors (Lipinski definition) is 3. The molecule has 16 heavy (non-hydrogen) atoms. The van der Waals surface area contributed by atoms with Crippen LogP contribution in [0, 0.1) is 5.82 Å². The van der Waals surface area contributed by atoms with Crippen LogP contribution in [-0.4, -0.2) is 19.2 Å². The van der Waals surface area contributed by atoms with Gasteiger partial charge in [-0.05, 0) is 11.6 Å². The Morgan fingerprint density at radius 1 is 1.56 bits per heavy atom. The predicted molar refractivity (Wildman–Crippen MR) is 55.4 cm³/mol. The SMILES string of the molecule is CC(=O)OCc1ccc(C2COC2)cc1F. The molecule has 0 unspecified atom stereocenters. The maximum Gasteiger partial charge on any atom is 0.302 e. The Labute approximate surface area is 93.2 Å². The van der Waals surface area contributed by atoms with E-state index in [1.54, 1.807) is 6.07 Å². The molecule has 3 nitrogen and oxygen atoms in total. The monoisotopic (exact) mass is 224 g/mol. The maximum absolute atomic E-state index is 13.6. The summed E-state index contributed by atoms with van der Waals surface area (Å²) in [5, 5.41) is 0. The predicted octanol–water partition coefficient (Wildman–Crippen LogP) is 2.00. The normalized spacial score (nSPS) is 15.6. The van der Waals surface area contributed by atoms with Crippen molar-refractivity contribution in [2.75, 3.05) is 13.2 Å². The van der Waals surface area contributed by atoms with E-state index in [-0.39, 0.29) is 12.4 Å². The van der Waals surface area contributed by atoms with Gasteiger partial charge in [-0.1, -0.05) is 12.1 Å². The number of rotatable bonds is 3. The van der Waals surface area contributed by atoms with Gasteiger partial charge in [0.25, 0.3) is 0 Å². The van der Waals surface area contributed by atoms with Crippen molar-refractivity contribution in [1.29, 1.82) is 0 Å². The first-order valence-corrected chi connectivity index (χ1v) is 5.16. The molecule has 0 aromatic heterocycles. The maximum atomic E-state index is 13.6. The molecule has 1 heterocycles. The van der Waals surface area contributed by atoms with Gasteiger partial charge in [0.1, 0.15) is 12.4 Å². The molecule has 2 rings (SSSR count). The summed E-state index contributed by atoms with van der Waals surface area (Å²) in [6.07, 6.45) is 0. The largest absolute Gasteiger partial charge is 0.461 e. The Balaban J connectivity index is 2.06. The third-order valence-electron chi connectivity index (χ3n) is 2.62. The molecule has 1 aromatic carbocycles. The zero-order chi connectivity index (χ0) is 11.5. The first-order chi connectivity index (χ1) is 7.66. The lowest BCUT2D eigenvalue weighted by atomic mass is 9.96. The minimum atomic E-state index is -0.407. The lowest BCUT2D eigenvalue weighted by Gasteiger charge is -2.26. The third-order valence-corrected chi connectivity index (χ3v) is 2.62. The van der Waals surface area contributed by atoms with Gasteiger partial charge in [0, 0.05) is 18.4 Å². The number of hydrogen-bond donors (Lipinski definition) is 0. The number of benzene rings is 1. The minimum absolute atomic E-state index is 0.0113. The summed E-state index contributed by atoms with van der Waals surface area (Å²) in [6.45, 7) is 2.60. The van der Waals surface area contributed by atoms with E-state index >= 15 is 0 Å². The zero-order valence-corrected chi connectivity index (χ0v) is 9.03. The van der Waals surface area contributed by atoms with Gasteiger partial charge in [-0.3, -0.25) is 4.79 Å². The molecule has 1 fully saturated rings. The van der Waals surface area contributed by atoms with Crippen LogP contribution < -0.4 is 0 Å². The Hall–Kier alpha value is -1.42. The highest BCUT2D eigenvalue weighted by atomic mass is 19.1. The highest BCUT2D eigenvalue weighted by Crippen LogP contribution is 2.25. The van der Waals surface area contributed by atoms with Crippen molar-refractivity contribution in [2.24, 2.45) is 0 Å². The minimum Gasteiger partial charge on any atom is -0.461 e. The van der Waals surface area contributed by atoms with Crippen LogP contribution in [0.25, 0.3) is 0 Å². The van der Waals surface area contributed by atoms with Crippen molar-refractivity contribution in [3.63, 3.8) is 0 Å². The van der Waals surface area contributed by atoms with Gasteiger partial charge in [0.2, 0.25) is 0 Å². The molecule has 0 spiro atoms. The Kier molecular flexibility index (Phi) is 3.19. The van der Waals surface area contributed by atoms with Crippen LogP contribution in [0.2, 0.25) is 0 Å². The summed E-state index contributed by atoms with van der Waals surface area (Å²) < 4.78 is 23.4. The summed E-state index contributed by atoms with van der Waals surface area (Å²) in [5.41, 5.74) is 1.34. The smallest absolute Gasteiger partial charge is 0.302 e. The number of esters is 1. The van der Waals surface area contributed by atoms with E-state index in [0.717, 1.165) is 5.56 Å². The van der Waals surface area contributed by atoms with Gasteiger partial charge in [0.05, 0.1) is 13.2 Å². The second-order valence-corrected chi connectivity index (χ2v) is 3.87. The Bertz CT molecular complexity index is 399. The molecule has 0 bridgehead atoms. The summed E-state index contributed by atoms with van der Waals surface area (Å²) in [7, 11) is 0. The van der Waals surface area contributed by atoms with Gasteiger partial charge in [-0.25, -0.2) is 4.39 Å². The van der Waals surface area contributed by atoms with Crippen LogP contribution >= 0.6 is 0 Å². The van der Waals surface area contributed by atoms with E-state index in [0.29, 0.717) is 24.7 Å². The fourth-order valence-corrected chi connectivity index (χ4v) is 1.54. The van der Waals surface area contributed by atoms with E-state index in [9.17, 15) is 9.18 Å². The second-order valence-electron chi connectivity index (χ2n) is 3.87. The standard InChI is InChI=1S/C12H13FO3/c1-8(14)16-7-10-3-2-9(4-12(10)13)11-5-15-6-11/h2-4,11H,5-7H2,1H3. The van der Waals surface area contributed by atoms with Crippen molar-refractivity contribution < 1.29 is 18.7 Å².